The minimum Gasteiger partial charge on any atom is -0.396 e. The minimum absolute atomic E-state index is 0.0971. The van der Waals surface area contributed by atoms with Crippen molar-refractivity contribution in [2.45, 2.75) is 19.3 Å². The molecule has 2 aromatic rings. The van der Waals surface area contributed by atoms with Gasteiger partial charge in [-0.25, -0.2) is 0 Å². The van der Waals surface area contributed by atoms with Gasteiger partial charge in [-0.3, -0.25) is 9.78 Å². The SMILES string of the molecule is Nc1c(C(=O)N2CC3CCCC3C2)sc2cccnc12. The fourth-order valence-corrected chi connectivity index (χ4v) is 4.70. The highest BCUT2D eigenvalue weighted by molar-refractivity contribution is 7.21. The first-order valence-electron chi connectivity index (χ1n) is 7.16. The Balaban J connectivity index is 1.66. The summed E-state index contributed by atoms with van der Waals surface area (Å²) in [6.45, 7) is 1.81. The van der Waals surface area contributed by atoms with Gasteiger partial charge in [0.25, 0.3) is 5.91 Å². The summed E-state index contributed by atoms with van der Waals surface area (Å²) >= 11 is 1.47. The van der Waals surface area contributed by atoms with Crippen molar-refractivity contribution in [2.75, 3.05) is 18.8 Å². The lowest BCUT2D eigenvalue weighted by Crippen LogP contribution is -2.29. The molecule has 4 rings (SSSR count). The smallest absolute Gasteiger partial charge is 0.266 e. The van der Waals surface area contributed by atoms with Gasteiger partial charge in [-0.1, -0.05) is 6.42 Å². The zero-order valence-electron chi connectivity index (χ0n) is 11.2. The third-order valence-electron chi connectivity index (χ3n) is 4.69. The van der Waals surface area contributed by atoms with E-state index in [1.54, 1.807) is 6.20 Å². The fraction of sp³-hybridized carbons (Fsp3) is 0.467. The van der Waals surface area contributed by atoms with Crippen molar-refractivity contribution in [3.05, 3.63) is 23.2 Å². The molecule has 4 nitrogen and oxygen atoms in total. The van der Waals surface area contributed by atoms with Gasteiger partial charge in [0, 0.05) is 19.3 Å². The Morgan fingerprint density at radius 2 is 2.10 bits per heavy atom. The second kappa shape index (κ2) is 4.45. The van der Waals surface area contributed by atoms with Gasteiger partial charge in [0.1, 0.15) is 10.4 Å². The molecule has 2 fully saturated rings. The second-order valence-electron chi connectivity index (χ2n) is 5.86. The van der Waals surface area contributed by atoms with E-state index in [1.165, 1.54) is 30.6 Å². The lowest BCUT2D eigenvalue weighted by atomic mass is 10.0. The number of aromatic nitrogens is 1. The van der Waals surface area contributed by atoms with E-state index >= 15 is 0 Å². The molecule has 1 aliphatic heterocycles. The zero-order chi connectivity index (χ0) is 13.7. The predicted octanol–water partition coefficient (Wildman–Crippen LogP) is 2.75. The van der Waals surface area contributed by atoms with E-state index in [-0.39, 0.29) is 5.91 Å². The Hall–Kier alpha value is -1.62. The molecular formula is C15H17N3OS. The summed E-state index contributed by atoms with van der Waals surface area (Å²) in [6.07, 6.45) is 5.60. The third kappa shape index (κ3) is 1.73. The van der Waals surface area contributed by atoms with Crippen LogP contribution in [0.25, 0.3) is 10.2 Å². The monoisotopic (exact) mass is 287 g/mol. The van der Waals surface area contributed by atoms with E-state index in [2.05, 4.69) is 4.98 Å². The van der Waals surface area contributed by atoms with Crippen molar-refractivity contribution >= 4 is 33.1 Å². The summed E-state index contributed by atoms with van der Waals surface area (Å²) in [4.78, 5) is 19.6. The lowest BCUT2D eigenvalue weighted by molar-refractivity contribution is 0.0786. The number of nitrogen functional groups attached to an aromatic ring is 1. The molecule has 0 spiro atoms. The number of nitrogens with zero attached hydrogens (tertiary/aromatic N) is 2. The van der Waals surface area contributed by atoms with Crippen molar-refractivity contribution in [3.63, 3.8) is 0 Å². The summed E-state index contributed by atoms with van der Waals surface area (Å²) in [5.41, 5.74) is 7.44. The molecule has 1 saturated heterocycles. The van der Waals surface area contributed by atoms with Crippen LogP contribution in [0, 0.1) is 11.8 Å². The average molecular weight is 287 g/mol. The fourth-order valence-electron chi connectivity index (χ4n) is 3.65. The first-order chi connectivity index (χ1) is 9.74. The molecule has 20 heavy (non-hydrogen) atoms. The first-order valence-corrected chi connectivity index (χ1v) is 7.98. The van der Waals surface area contributed by atoms with Crippen LogP contribution in [-0.4, -0.2) is 28.9 Å². The van der Waals surface area contributed by atoms with Gasteiger partial charge in [-0.2, -0.15) is 0 Å². The van der Waals surface area contributed by atoms with Crippen LogP contribution in [0.4, 0.5) is 5.69 Å². The number of amides is 1. The number of hydrogen-bond acceptors (Lipinski definition) is 4. The number of carbonyl (C=O) groups is 1. The molecule has 0 radical (unpaired) electrons. The molecule has 5 heteroatoms. The second-order valence-corrected chi connectivity index (χ2v) is 6.91. The Labute approximate surface area is 121 Å². The largest absolute Gasteiger partial charge is 0.396 e. The van der Waals surface area contributed by atoms with Crippen LogP contribution >= 0.6 is 11.3 Å². The maximum Gasteiger partial charge on any atom is 0.266 e. The van der Waals surface area contributed by atoms with E-state index in [1.807, 2.05) is 17.0 Å². The normalized spacial score (nSPS) is 25.3. The summed E-state index contributed by atoms with van der Waals surface area (Å²) in [5, 5.41) is 0. The predicted molar refractivity (Wildman–Crippen MR) is 80.8 cm³/mol. The van der Waals surface area contributed by atoms with E-state index in [4.69, 9.17) is 5.73 Å². The van der Waals surface area contributed by atoms with Crippen LogP contribution in [0.5, 0.6) is 0 Å². The molecular weight excluding hydrogens is 270 g/mol. The van der Waals surface area contributed by atoms with Gasteiger partial charge < -0.3 is 10.6 Å². The lowest BCUT2D eigenvalue weighted by Gasteiger charge is -2.16. The molecule has 2 aromatic heterocycles. The molecule has 104 valence electrons. The van der Waals surface area contributed by atoms with E-state index in [0.29, 0.717) is 22.4 Å². The Bertz CT molecular complexity index is 669. The Kier molecular flexibility index (Phi) is 2.70. The zero-order valence-corrected chi connectivity index (χ0v) is 12.0. The van der Waals surface area contributed by atoms with Crippen molar-refractivity contribution in [3.8, 4) is 0 Å². The molecule has 1 saturated carbocycles. The van der Waals surface area contributed by atoms with Crippen LogP contribution in [0.3, 0.4) is 0 Å². The Morgan fingerprint density at radius 1 is 1.35 bits per heavy atom. The van der Waals surface area contributed by atoms with E-state index < -0.39 is 0 Å². The van der Waals surface area contributed by atoms with Crippen molar-refractivity contribution in [1.82, 2.24) is 9.88 Å². The van der Waals surface area contributed by atoms with Gasteiger partial charge >= 0.3 is 0 Å². The van der Waals surface area contributed by atoms with Crippen LogP contribution in [0.1, 0.15) is 28.9 Å². The van der Waals surface area contributed by atoms with E-state index in [9.17, 15) is 4.79 Å². The van der Waals surface area contributed by atoms with Crippen molar-refractivity contribution < 1.29 is 4.79 Å². The number of likely N-dealkylation sites (tertiary alicyclic amines) is 1. The highest BCUT2D eigenvalue weighted by Crippen LogP contribution is 2.40. The highest BCUT2D eigenvalue weighted by atomic mass is 32.1. The number of rotatable bonds is 1. The van der Waals surface area contributed by atoms with Crippen LogP contribution in [-0.2, 0) is 0 Å². The number of hydrogen-bond donors (Lipinski definition) is 1. The quantitative estimate of drug-likeness (QED) is 0.877. The molecule has 2 aliphatic rings. The molecule has 1 amide bonds. The van der Waals surface area contributed by atoms with Gasteiger partial charge in [0.15, 0.2) is 0 Å². The summed E-state index contributed by atoms with van der Waals surface area (Å²) < 4.78 is 0.993. The van der Waals surface area contributed by atoms with Crippen LogP contribution in [0.2, 0.25) is 0 Å². The number of nitrogens with two attached hydrogens (primary N) is 1. The molecule has 1 aliphatic carbocycles. The summed E-state index contributed by atoms with van der Waals surface area (Å²) in [5.74, 6) is 1.53. The number of carbonyl (C=O) groups excluding carboxylic acids is 1. The standard InChI is InChI=1S/C15H17N3OS/c16-12-13-11(5-2-6-17-13)20-14(12)15(19)18-7-9-3-1-4-10(9)8-18/h2,5-6,9-10H,1,3-4,7-8,16H2. The van der Waals surface area contributed by atoms with Gasteiger partial charge in [0.05, 0.1) is 10.4 Å². The van der Waals surface area contributed by atoms with E-state index in [0.717, 1.165) is 23.3 Å². The summed E-state index contributed by atoms with van der Waals surface area (Å²) in [7, 11) is 0. The third-order valence-corrected chi connectivity index (χ3v) is 5.84. The molecule has 2 unspecified atom stereocenters. The molecule has 0 aromatic carbocycles. The van der Waals surface area contributed by atoms with Gasteiger partial charge in [0.2, 0.25) is 0 Å². The molecule has 0 bridgehead atoms. The maximum absolute atomic E-state index is 12.7. The van der Waals surface area contributed by atoms with Crippen molar-refractivity contribution in [1.29, 1.82) is 0 Å². The summed E-state index contributed by atoms with van der Waals surface area (Å²) in [6, 6.07) is 3.85. The highest BCUT2D eigenvalue weighted by Gasteiger charge is 2.39. The maximum atomic E-state index is 12.7. The number of anilines is 1. The molecule has 3 heterocycles. The topological polar surface area (TPSA) is 59.2 Å². The molecule has 2 N–H and O–H groups in total. The Morgan fingerprint density at radius 3 is 2.80 bits per heavy atom. The molecule has 2 atom stereocenters. The number of thiophene rings is 1. The number of fused-ring (bicyclic) bond motifs is 2. The van der Waals surface area contributed by atoms with Gasteiger partial charge in [-0.15, -0.1) is 11.3 Å². The minimum atomic E-state index is 0.0971. The van der Waals surface area contributed by atoms with Crippen LogP contribution in [0.15, 0.2) is 18.3 Å². The van der Waals surface area contributed by atoms with Crippen LogP contribution < -0.4 is 5.73 Å². The van der Waals surface area contributed by atoms with Gasteiger partial charge in [-0.05, 0) is 36.8 Å². The average Bonchev–Trinajstić information content (AvgIpc) is 3.11. The number of pyridine rings is 1. The first kappa shape index (κ1) is 12.1. The van der Waals surface area contributed by atoms with Crippen molar-refractivity contribution in [2.24, 2.45) is 11.8 Å².